The van der Waals surface area contributed by atoms with E-state index in [1.54, 1.807) is 18.9 Å². The first-order valence-electron chi connectivity index (χ1n) is 4.37. The highest BCUT2D eigenvalue weighted by molar-refractivity contribution is 8.13. The third-order valence-electron chi connectivity index (χ3n) is 1.82. The molecule has 0 saturated heterocycles. The maximum absolute atomic E-state index is 5.30. The van der Waals surface area contributed by atoms with Crippen molar-refractivity contribution in [1.82, 2.24) is 0 Å². The molecule has 1 aromatic rings. The van der Waals surface area contributed by atoms with Gasteiger partial charge in [0.2, 0.25) is 0 Å². The third-order valence-corrected chi connectivity index (χ3v) is 2.75. The molecule has 4 heteroatoms. The highest BCUT2D eigenvalue weighted by atomic mass is 32.2. The summed E-state index contributed by atoms with van der Waals surface area (Å²) in [5.41, 5.74) is 0. The van der Waals surface area contributed by atoms with Crippen LogP contribution in [0.5, 0.6) is 5.75 Å². The lowest BCUT2D eigenvalue weighted by molar-refractivity contribution is 0.356. The molecule has 0 fully saturated rings. The minimum absolute atomic E-state index is 0.707. The molecule has 3 nitrogen and oxygen atoms in total. The van der Waals surface area contributed by atoms with Gasteiger partial charge in [-0.2, -0.15) is 0 Å². The molecule has 1 heterocycles. The van der Waals surface area contributed by atoms with E-state index in [0.717, 1.165) is 22.4 Å². The zero-order valence-electron chi connectivity index (χ0n) is 7.90. The summed E-state index contributed by atoms with van der Waals surface area (Å²) < 4.78 is 10.4. The normalized spacial score (nSPS) is 14.8. The highest BCUT2D eigenvalue weighted by Crippen LogP contribution is 2.24. The molecule has 0 amide bonds. The van der Waals surface area contributed by atoms with E-state index in [1.165, 1.54) is 0 Å². The van der Waals surface area contributed by atoms with Gasteiger partial charge < -0.3 is 9.47 Å². The summed E-state index contributed by atoms with van der Waals surface area (Å²) in [4.78, 5) is 5.32. The first kappa shape index (κ1) is 9.40. The van der Waals surface area contributed by atoms with Crippen molar-refractivity contribution < 1.29 is 9.47 Å². The van der Waals surface area contributed by atoms with Crippen molar-refractivity contribution in [2.24, 2.45) is 4.99 Å². The first-order chi connectivity index (χ1) is 6.88. The third kappa shape index (κ3) is 2.20. The van der Waals surface area contributed by atoms with E-state index >= 15 is 0 Å². The molecule has 0 aromatic heterocycles. The van der Waals surface area contributed by atoms with Gasteiger partial charge in [-0.05, 0) is 36.0 Å². The van der Waals surface area contributed by atoms with Crippen LogP contribution >= 0.6 is 11.8 Å². The van der Waals surface area contributed by atoms with Gasteiger partial charge in [0.05, 0.1) is 13.7 Å². The fourth-order valence-electron chi connectivity index (χ4n) is 1.12. The summed E-state index contributed by atoms with van der Waals surface area (Å²) in [5, 5.41) is 0.759. The van der Waals surface area contributed by atoms with Crippen LogP contribution in [0, 0.1) is 0 Å². The number of aliphatic imine (C=N–C) groups is 1. The predicted molar refractivity (Wildman–Crippen MR) is 57.1 cm³/mol. The second kappa shape index (κ2) is 4.37. The Morgan fingerprint density at radius 1 is 1.36 bits per heavy atom. The quantitative estimate of drug-likeness (QED) is 0.748. The highest BCUT2D eigenvalue weighted by Gasteiger charge is 2.08. The standard InChI is InChI=1S/C10H11NO2S/c1-12-8-2-4-9(5-3-8)14-10-11-6-7-13-10/h2-5H,6-7H2,1H3. The van der Waals surface area contributed by atoms with Crippen molar-refractivity contribution >= 4 is 17.0 Å². The van der Waals surface area contributed by atoms with E-state index in [2.05, 4.69) is 4.99 Å². The minimum Gasteiger partial charge on any atom is -0.497 e. The van der Waals surface area contributed by atoms with Gasteiger partial charge in [-0.15, -0.1) is 0 Å². The van der Waals surface area contributed by atoms with E-state index in [4.69, 9.17) is 9.47 Å². The summed E-state index contributed by atoms with van der Waals surface area (Å²) in [6, 6.07) is 7.84. The van der Waals surface area contributed by atoms with Gasteiger partial charge in [0, 0.05) is 4.90 Å². The Morgan fingerprint density at radius 2 is 2.14 bits per heavy atom. The van der Waals surface area contributed by atoms with Crippen LogP contribution in [-0.2, 0) is 4.74 Å². The molecule has 0 aliphatic carbocycles. The lowest BCUT2D eigenvalue weighted by atomic mass is 10.3. The van der Waals surface area contributed by atoms with Crippen LogP contribution < -0.4 is 4.74 Å². The van der Waals surface area contributed by atoms with Crippen LogP contribution in [0.25, 0.3) is 0 Å². The van der Waals surface area contributed by atoms with E-state index in [1.807, 2.05) is 24.3 Å². The van der Waals surface area contributed by atoms with Crippen molar-refractivity contribution in [1.29, 1.82) is 0 Å². The van der Waals surface area contributed by atoms with Crippen molar-refractivity contribution in [3.8, 4) is 5.75 Å². The van der Waals surface area contributed by atoms with E-state index in [-0.39, 0.29) is 0 Å². The van der Waals surface area contributed by atoms with Gasteiger partial charge >= 0.3 is 0 Å². The van der Waals surface area contributed by atoms with Crippen molar-refractivity contribution in [3.63, 3.8) is 0 Å². The molecule has 0 unspecified atom stereocenters. The fourth-order valence-corrected chi connectivity index (χ4v) is 1.89. The Kier molecular flexibility index (Phi) is 2.93. The van der Waals surface area contributed by atoms with E-state index in [9.17, 15) is 0 Å². The number of hydrogen-bond donors (Lipinski definition) is 0. The molecule has 2 rings (SSSR count). The molecule has 1 aliphatic heterocycles. The average molecular weight is 209 g/mol. The SMILES string of the molecule is COc1ccc(SC2=NCCO2)cc1. The lowest BCUT2D eigenvalue weighted by Crippen LogP contribution is -1.92. The van der Waals surface area contributed by atoms with Crippen molar-refractivity contribution in [3.05, 3.63) is 24.3 Å². The number of thioether (sulfide) groups is 1. The summed E-state index contributed by atoms with van der Waals surface area (Å²) >= 11 is 1.54. The summed E-state index contributed by atoms with van der Waals surface area (Å²) in [7, 11) is 1.66. The molecule has 0 N–H and O–H groups in total. The molecular weight excluding hydrogens is 198 g/mol. The number of ether oxygens (including phenoxy) is 2. The van der Waals surface area contributed by atoms with Crippen LogP contribution in [0.2, 0.25) is 0 Å². The van der Waals surface area contributed by atoms with Gasteiger partial charge in [0.1, 0.15) is 12.4 Å². The Labute approximate surface area is 87.1 Å². The van der Waals surface area contributed by atoms with Gasteiger partial charge in [-0.3, -0.25) is 0 Å². The maximum Gasteiger partial charge on any atom is 0.250 e. The van der Waals surface area contributed by atoms with Crippen LogP contribution in [0.4, 0.5) is 0 Å². The number of rotatable bonds is 2. The largest absolute Gasteiger partial charge is 0.497 e. The van der Waals surface area contributed by atoms with Gasteiger partial charge in [0.15, 0.2) is 0 Å². The lowest BCUT2D eigenvalue weighted by Gasteiger charge is -2.02. The Hall–Kier alpha value is -1.16. The summed E-state index contributed by atoms with van der Waals surface area (Å²) in [6.07, 6.45) is 0. The molecule has 0 bridgehead atoms. The predicted octanol–water partition coefficient (Wildman–Crippen LogP) is 2.17. The molecule has 14 heavy (non-hydrogen) atoms. The minimum atomic E-state index is 0.707. The molecule has 1 aromatic carbocycles. The number of hydrogen-bond acceptors (Lipinski definition) is 4. The molecule has 0 radical (unpaired) electrons. The van der Waals surface area contributed by atoms with Crippen LogP contribution in [0.1, 0.15) is 0 Å². The summed E-state index contributed by atoms with van der Waals surface area (Å²) in [6.45, 7) is 1.48. The topological polar surface area (TPSA) is 30.8 Å². The van der Waals surface area contributed by atoms with Crippen molar-refractivity contribution in [2.75, 3.05) is 20.3 Å². The van der Waals surface area contributed by atoms with Crippen LogP contribution in [-0.4, -0.2) is 25.5 Å². The smallest absolute Gasteiger partial charge is 0.250 e. The molecule has 0 spiro atoms. The van der Waals surface area contributed by atoms with Gasteiger partial charge in [-0.1, -0.05) is 0 Å². The maximum atomic E-state index is 5.30. The van der Waals surface area contributed by atoms with E-state index in [0.29, 0.717) is 6.61 Å². The van der Waals surface area contributed by atoms with E-state index < -0.39 is 0 Å². The summed E-state index contributed by atoms with van der Waals surface area (Å²) in [5.74, 6) is 0.864. The average Bonchev–Trinajstić information content (AvgIpc) is 2.72. The van der Waals surface area contributed by atoms with Crippen LogP contribution in [0.15, 0.2) is 34.2 Å². The van der Waals surface area contributed by atoms with Crippen molar-refractivity contribution in [2.45, 2.75) is 4.90 Å². The molecule has 74 valence electrons. The molecule has 0 saturated carbocycles. The Morgan fingerprint density at radius 3 is 2.71 bits per heavy atom. The van der Waals surface area contributed by atoms with Gasteiger partial charge in [-0.25, -0.2) is 4.99 Å². The van der Waals surface area contributed by atoms with Crippen LogP contribution in [0.3, 0.4) is 0 Å². The zero-order chi connectivity index (χ0) is 9.80. The molecule has 1 aliphatic rings. The fraction of sp³-hybridized carbons (Fsp3) is 0.300. The monoisotopic (exact) mass is 209 g/mol. The Bertz CT molecular complexity index is 334. The first-order valence-corrected chi connectivity index (χ1v) is 5.19. The second-order valence-electron chi connectivity index (χ2n) is 2.77. The number of nitrogens with zero attached hydrogens (tertiary/aromatic N) is 1. The molecular formula is C10H11NO2S. The molecule has 0 atom stereocenters. The number of methoxy groups -OCH3 is 1. The second-order valence-corrected chi connectivity index (χ2v) is 3.80. The Balaban J connectivity index is 2.02. The zero-order valence-corrected chi connectivity index (χ0v) is 8.71. The van der Waals surface area contributed by atoms with Gasteiger partial charge in [0.25, 0.3) is 5.23 Å². The number of benzene rings is 1.